The highest BCUT2D eigenvalue weighted by Gasteiger charge is 2.35. The number of non-ortho nitro benzene ring substituents is 1. The molecular formula is C7H3F4NO2S. The number of alkyl halides is 3. The summed E-state index contributed by atoms with van der Waals surface area (Å²) in [5.41, 5.74) is -2.07. The summed E-state index contributed by atoms with van der Waals surface area (Å²) in [6.45, 7) is 0. The molecule has 0 bridgehead atoms. The number of hydrogen-bond acceptors (Lipinski definition) is 3. The maximum atomic E-state index is 12.3. The molecule has 0 heterocycles. The fraction of sp³-hybridized carbons (Fsp3) is 0.143. The van der Waals surface area contributed by atoms with Gasteiger partial charge in [-0.2, -0.15) is 17.1 Å². The van der Waals surface area contributed by atoms with Gasteiger partial charge in [-0.3, -0.25) is 10.1 Å². The second-order valence-corrected chi connectivity index (χ2v) is 3.11. The average Bonchev–Trinajstić information content (AvgIpc) is 2.15. The van der Waals surface area contributed by atoms with Crippen LogP contribution in [0, 0.1) is 10.1 Å². The first-order chi connectivity index (χ1) is 6.86. The van der Waals surface area contributed by atoms with E-state index < -0.39 is 39.4 Å². The monoisotopic (exact) mass is 241 g/mol. The maximum absolute atomic E-state index is 12.3. The van der Waals surface area contributed by atoms with Gasteiger partial charge in [-0.15, -0.1) is 0 Å². The standard InChI is InChI=1S/C7H3F4NO2S/c8-7(9,10)5-3-4(12(13)14)1-2-6(5)15-11/h1-3H. The summed E-state index contributed by atoms with van der Waals surface area (Å²) in [7, 11) is 0. The van der Waals surface area contributed by atoms with Gasteiger partial charge in [0, 0.05) is 12.1 Å². The zero-order valence-corrected chi connectivity index (χ0v) is 7.73. The quantitative estimate of drug-likeness (QED) is 0.451. The zero-order valence-electron chi connectivity index (χ0n) is 6.92. The van der Waals surface area contributed by atoms with Gasteiger partial charge in [0.15, 0.2) is 0 Å². The van der Waals surface area contributed by atoms with Gasteiger partial charge in [0.2, 0.25) is 0 Å². The third-order valence-electron chi connectivity index (χ3n) is 1.56. The highest BCUT2D eigenvalue weighted by Crippen LogP contribution is 2.38. The predicted molar refractivity (Wildman–Crippen MR) is 45.1 cm³/mol. The van der Waals surface area contributed by atoms with E-state index >= 15 is 0 Å². The van der Waals surface area contributed by atoms with Gasteiger partial charge in [-0.1, -0.05) is 0 Å². The summed E-state index contributed by atoms with van der Waals surface area (Å²) in [6.07, 6.45) is -4.81. The van der Waals surface area contributed by atoms with Crippen molar-refractivity contribution in [3.63, 3.8) is 0 Å². The minimum atomic E-state index is -4.81. The van der Waals surface area contributed by atoms with E-state index in [0.717, 1.165) is 12.1 Å². The Morgan fingerprint density at radius 1 is 1.33 bits per heavy atom. The van der Waals surface area contributed by atoms with Gasteiger partial charge < -0.3 is 0 Å². The molecule has 0 aliphatic heterocycles. The predicted octanol–water partition coefficient (Wildman–Crippen LogP) is 3.59. The summed E-state index contributed by atoms with van der Waals surface area (Å²) in [6, 6.07) is 1.85. The summed E-state index contributed by atoms with van der Waals surface area (Å²) in [5, 5.41) is 10.2. The molecule has 0 N–H and O–H groups in total. The van der Waals surface area contributed by atoms with E-state index in [9.17, 15) is 27.2 Å². The van der Waals surface area contributed by atoms with Crippen LogP contribution >= 0.6 is 12.1 Å². The number of nitro groups is 1. The molecule has 0 aromatic heterocycles. The van der Waals surface area contributed by atoms with Crippen molar-refractivity contribution in [1.82, 2.24) is 0 Å². The molecule has 0 radical (unpaired) electrons. The van der Waals surface area contributed by atoms with E-state index in [-0.39, 0.29) is 0 Å². The first kappa shape index (κ1) is 11.8. The molecule has 0 unspecified atom stereocenters. The van der Waals surface area contributed by atoms with Gasteiger partial charge in [0.25, 0.3) is 5.69 Å². The van der Waals surface area contributed by atoms with Crippen LogP contribution in [0.2, 0.25) is 0 Å². The Hall–Kier alpha value is -1.31. The van der Waals surface area contributed by atoms with Crippen LogP contribution in [0.4, 0.5) is 22.7 Å². The zero-order chi connectivity index (χ0) is 11.6. The van der Waals surface area contributed by atoms with Crippen LogP contribution < -0.4 is 0 Å². The van der Waals surface area contributed by atoms with Gasteiger partial charge >= 0.3 is 6.18 Å². The van der Waals surface area contributed by atoms with Crippen LogP contribution in [0.1, 0.15) is 5.56 Å². The summed E-state index contributed by atoms with van der Waals surface area (Å²) >= 11 is -0.600. The summed E-state index contributed by atoms with van der Waals surface area (Å²) in [4.78, 5) is 8.56. The lowest BCUT2D eigenvalue weighted by atomic mass is 10.2. The number of rotatable bonds is 2. The second-order valence-electron chi connectivity index (χ2n) is 2.51. The van der Waals surface area contributed by atoms with Gasteiger partial charge in [-0.05, 0) is 6.07 Å². The lowest BCUT2D eigenvalue weighted by Gasteiger charge is -2.08. The molecular weight excluding hydrogens is 238 g/mol. The Labute approximate surface area is 85.5 Å². The van der Waals surface area contributed by atoms with Gasteiger partial charge in [0.05, 0.1) is 27.5 Å². The fourth-order valence-electron chi connectivity index (χ4n) is 0.920. The number of benzene rings is 1. The van der Waals surface area contributed by atoms with Crippen LogP contribution in [0.25, 0.3) is 0 Å². The normalized spacial score (nSPS) is 11.5. The second kappa shape index (κ2) is 4.05. The number of halogens is 4. The highest BCUT2D eigenvalue weighted by atomic mass is 32.2. The fourth-order valence-corrected chi connectivity index (χ4v) is 1.30. The Morgan fingerprint density at radius 3 is 2.33 bits per heavy atom. The van der Waals surface area contributed by atoms with E-state index in [0.29, 0.717) is 6.07 Å². The van der Waals surface area contributed by atoms with Crippen molar-refractivity contribution in [3.8, 4) is 0 Å². The molecule has 0 saturated carbocycles. The summed E-state index contributed by atoms with van der Waals surface area (Å²) < 4.78 is 48.9. The molecule has 82 valence electrons. The van der Waals surface area contributed by atoms with Gasteiger partial charge in [0.1, 0.15) is 0 Å². The highest BCUT2D eigenvalue weighted by molar-refractivity contribution is 7.94. The topological polar surface area (TPSA) is 43.1 Å². The van der Waals surface area contributed by atoms with E-state index in [4.69, 9.17) is 0 Å². The van der Waals surface area contributed by atoms with Crippen molar-refractivity contribution < 1.29 is 22.0 Å². The van der Waals surface area contributed by atoms with Gasteiger partial charge in [-0.25, -0.2) is 0 Å². The Morgan fingerprint density at radius 2 is 1.93 bits per heavy atom. The van der Waals surface area contributed by atoms with Crippen molar-refractivity contribution >= 4 is 17.8 Å². The Bertz CT molecular complexity index is 393. The molecule has 1 rings (SSSR count). The third kappa shape index (κ3) is 2.58. The number of hydrogen-bond donors (Lipinski definition) is 0. The number of nitro benzene ring substituents is 1. The molecule has 8 heteroatoms. The van der Waals surface area contributed by atoms with Crippen molar-refractivity contribution in [3.05, 3.63) is 33.9 Å². The summed E-state index contributed by atoms with van der Waals surface area (Å²) in [5.74, 6) is 0. The van der Waals surface area contributed by atoms with Crippen molar-refractivity contribution in [1.29, 1.82) is 0 Å². The van der Waals surface area contributed by atoms with E-state index in [1.165, 1.54) is 0 Å². The molecule has 0 aliphatic carbocycles. The van der Waals surface area contributed by atoms with Crippen molar-refractivity contribution in [2.45, 2.75) is 11.1 Å². The molecule has 1 aromatic rings. The molecule has 0 atom stereocenters. The van der Waals surface area contributed by atoms with Crippen molar-refractivity contribution in [2.75, 3.05) is 0 Å². The molecule has 15 heavy (non-hydrogen) atoms. The van der Waals surface area contributed by atoms with Crippen LogP contribution in [0.5, 0.6) is 0 Å². The Kier molecular flexibility index (Phi) is 3.18. The van der Waals surface area contributed by atoms with Crippen molar-refractivity contribution in [2.24, 2.45) is 0 Å². The van der Waals surface area contributed by atoms with Crippen LogP contribution in [0.3, 0.4) is 0 Å². The minimum Gasteiger partial charge on any atom is -0.258 e. The maximum Gasteiger partial charge on any atom is 0.417 e. The molecule has 0 amide bonds. The van der Waals surface area contributed by atoms with E-state index in [1.54, 1.807) is 0 Å². The molecule has 0 fully saturated rings. The molecule has 0 saturated heterocycles. The van der Waals surface area contributed by atoms with E-state index in [2.05, 4.69) is 0 Å². The molecule has 0 aliphatic rings. The first-order valence-electron chi connectivity index (χ1n) is 3.50. The molecule has 1 aromatic carbocycles. The largest absolute Gasteiger partial charge is 0.417 e. The lowest BCUT2D eigenvalue weighted by molar-refractivity contribution is -0.385. The van der Waals surface area contributed by atoms with E-state index in [1.807, 2.05) is 0 Å². The first-order valence-corrected chi connectivity index (χ1v) is 4.22. The van der Waals surface area contributed by atoms with Crippen LogP contribution in [-0.4, -0.2) is 4.92 Å². The number of nitrogens with zero attached hydrogens (tertiary/aromatic N) is 1. The third-order valence-corrected chi connectivity index (χ3v) is 2.08. The molecule has 0 spiro atoms. The lowest BCUT2D eigenvalue weighted by Crippen LogP contribution is -2.07. The Balaban J connectivity index is 3.32. The van der Waals surface area contributed by atoms with Crippen LogP contribution in [-0.2, 0) is 6.18 Å². The molecule has 3 nitrogen and oxygen atoms in total. The smallest absolute Gasteiger partial charge is 0.258 e. The average molecular weight is 241 g/mol. The SMILES string of the molecule is O=[N+]([O-])c1ccc(SF)c(C(F)(F)F)c1. The van der Waals surface area contributed by atoms with Crippen LogP contribution in [0.15, 0.2) is 23.1 Å². The minimum absolute atomic E-state index is 0.307.